The van der Waals surface area contributed by atoms with Crippen molar-refractivity contribution in [1.82, 2.24) is 29.9 Å². The van der Waals surface area contributed by atoms with Gasteiger partial charge in [-0.15, -0.1) is 0 Å². The molecule has 4 amide bonds. The second kappa shape index (κ2) is 14.7. The minimum atomic E-state index is -0.955. The maximum absolute atomic E-state index is 13.9. The Morgan fingerprint density at radius 1 is 0.978 bits per heavy atom. The molecule has 4 aliphatic heterocycles. The van der Waals surface area contributed by atoms with Gasteiger partial charge in [0.1, 0.15) is 5.82 Å². The van der Waals surface area contributed by atoms with Gasteiger partial charge < -0.3 is 35.8 Å². The third kappa shape index (κ3) is 7.55. The average molecular weight is 633 g/mol. The molecule has 12 nitrogen and oxygen atoms in total. The number of nitrogens with two attached hydrogens (primary N) is 1. The number of para-hydroxylation sites is 1. The zero-order chi connectivity index (χ0) is 32.0. The lowest BCUT2D eigenvalue weighted by Crippen LogP contribution is -2.52. The van der Waals surface area contributed by atoms with Crippen LogP contribution in [0.3, 0.4) is 0 Å². The first-order chi connectivity index (χ1) is 22.4. The van der Waals surface area contributed by atoms with Gasteiger partial charge in [-0.3, -0.25) is 9.69 Å². The first kappa shape index (κ1) is 32.1. The molecule has 0 bridgehead atoms. The molecule has 0 aliphatic carbocycles. The summed E-state index contributed by atoms with van der Waals surface area (Å²) in [5.41, 5.74) is 9.57. The maximum atomic E-state index is 13.9. The Kier molecular flexibility index (Phi) is 10.2. The van der Waals surface area contributed by atoms with E-state index in [4.69, 9.17) is 10.5 Å². The van der Waals surface area contributed by atoms with Crippen molar-refractivity contribution < 1.29 is 19.1 Å². The van der Waals surface area contributed by atoms with Gasteiger partial charge in [0.25, 0.3) is 5.91 Å². The van der Waals surface area contributed by atoms with Crippen LogP contribution in [0.5, 0.6) is 0 Å². The summed E-state index contributed by atoms with van der Waals surface area (Å²) >= 11 is 0. The van der Waals surface area contributed by atoms with Crippen molar-refractivity contribution in [2.75, 3.05) is 70.0 Å². The molecule has 0 spiro atoms. The van der Waals surface area contributed by atoms with Crippen molar-refractivity contribution in [2.24, 2.45) is 0 Å². The highest BCUT2D eigenvalue weighted by atomic mass is 16.6. The minimum absolute atomic E-state index is 0.0286. The van der Waals surface area contributed by atoms with Gasteiger partial charge in [-0.2, -0.15) is 0 Å². The number of hydrogen-bond acceptors (Lipinski definition) is 8. The van der Waals surface area contributed by atoms with E-state index in [0.717, 1.165) is 74.2 Å². The van der Waals surface area contributed by atoms with Gasteiger partial charge in [0, 0.05) is 76.2 Å². The Hall–Kier alpha value is -3.90. The number of fused-ring (bicyclic) bond motifs is 1. The lowest BCUT2D eigenvalue weighted by atomic mass is 10.0. The molecule has 5 heterocycles. The molecule has 0 saturated carbocycles. The molecule has 3 saturated heterocycles. The molecule has 0 radical (unpaired) electrons. The summed E-state index contributed by atoms with van der Waals surface area (Å²) in [7, 11) is 0. The number of aromatic nitrogens is 1. The lowest BCUT2D eigenvalue weighted by molar-refractivity contribution is -0.142. The predicted molar refractivity (Wildman–Crippen MR) is 176 cm³/mol. The van der Waals surface area contributed by atoms with E-state index in [1.165, 1.54) is 0 Å². The van der Waals surface area contributed by atoms with Crippen LogP contribution in [-0.4, -0.2) is 120 Å². The van der Waals surface area contributed by atoms with Gasteiger partial charge in [0.15, 0.2) is 6.10 Å². The molecule has 12 heteroatoms. The van der Waals surface area contributed by atoms with Crippen LogP contribution >= 0.6 is 0 Å². The number of ether oxygens (including phenoxy) is 1. The van der Waals surface area contributed by atoms with Gasteiger partial charge >= 0.3 is 12.1 Å². The second-order valence-corrected chi connectivity index (χ2v) is 13.1. The highest BCUT2D eigenvalue weighted by molar-refractivity contribution is 5.91. The Bertz CT molecular complexity index is 1380. The fourth-order valence-electron chi connectivity index (χ4n) is 7.33. The highest BCUT2D eigenvalue weighted by Crippen LogP contribution is 2.26. The number of pyridine rings is 1. The van der Waals surface area contributed by atoms with E-state index in [-0.39, 0.29) is 24.4 Å². The van der Waals surface area contributed by atoms with Crippen LogP contribution in [0.25, 0.3) is 0 Å². The van der Waals surface area contributed by atoms with Crippen molar-refractivity contribution in [3.63, 3.8) is 0 Å². The fraction of sp³-hybridized carbons (Fsp3) is 0.588. The number of carbonyl (C=O) groups is 3. The number of hydrogen-bond donors (Lipinski definition) is 3. The van der Waals surface area contributed by atoms with Crippen LogP contribution in [-0.2, 0) is 22.4 Å². The van der Waals surface area contributed by atoms with Gasteiger partial charge in [-0.1, -0.05) is 24.3 Å². The number of nitrogens with zero attached hydrogens (tertiary/aromatic N) is 5. The molecule has 248 valence electrons. The Labute approximate surface area is 271 Å². The van der Waals surface area contributed by atoms with E-state index in [0.29, 0.717) is 57.4 Å². The molecule has 0 unspecified atom stereocenters. The number of amides is 4. The van der Waals surface area contributed by atoms with Crippen molar-refractivity contribution in [3.05, 3.63) is 53.2 Å². The molecule has 1 aromatic heterocycles. The molecule has 4 N–H and O–H groups in total. The average Bonchev–Trinajstić information content (AvgIpc) is 3.45. The number of nitrogen functional groups attached to an aromatic ring is 1. The van der Waals surface area contributed by atoms with E-state index in [2.05, 4.69) is 20.5 Å². The number of piperidine rings is 2. The van der Waals surface area contributed by atoms with Crippen LogP contribution in [0.4, 0.5) is 21.1 Å². The van der Waals surface area contributed by atoms with Gasteiger partial charge in [0.05, 0.1) is 0 Å². The monoisotopic (exact) mass is 632 g/mol. The number of urea groups is 1. The fourth-order valence-corrected chi connectivity index (χ4v) is 7.33. The zero-order valence-corrected chi connectivity index (χ0v) is 27.0. The van der Waals surface area contributed by atoms with Crippen molar-refractivity contribution in [3.8, 4) is 0 Å². The molecular formula is C34H48N8O4. The second-order valence-electron chi connectivity index (χ2n) is 13.1. The molecule has 46 heavy (non-hydrogen) atoms. The number of benzene rings is 1. The molecule has 1 atom stereocenters. The van der Waals surface area contributed by atoms with E-state index in [1.807, 2.05) is 47.1 Å². The highest BCUT2D eigenvalue weighted by Gasteiger charge is 2.36. The standard InChI is InChI=1S/C34H48N8O4/c1-24-21-25(23-37-31(24)35)22-30(32(43)40-15-8-27(9-16-40)39-14-4-12-36-13-20-39)46-34(45)41-17-10-28(11-18-41)42-19-7-26-5-2-3-6-29(26)38-33(42)44/h2-3,5-6,21,23,27-28,30,36H,4,7-20,22H2,1H3,(H2,35,37)(H,38,44)/t30-/m1/s1. The van der Waals surface area contributed by atoms with Gasteiger partial charge in [0.2, 0.25) is 0 Å². The summed E-state index contributed by atoms with van der Waals surface area (Å²) in [5.74, 6) is 0.286. The quantitative estimate of drug-likeness (QED) is 0.443. The molecular weight excluding hydrogens is 584 g/mol. The lowest BCUT2D eigenvalue weighted by Gasteiger charge is -2.39. The van der Waals surface area contributed by atoms with Crippen molar-refractivity contribution in [1.29, 1.82) is 0 Å². The summed E-state index contributed by atoms with van der Waals surface area (Å²) in [4.78, 5) is 52.8. The summed E-state index contributed by atoms with van der Waals surface area (Å²) in [6.07, 6.45) is 5.51. The molecule has 1 aromatic carbocycles. The first-order valence-corrected chi connectivity index (χ1v) is 16.9. The maximum Gasteiger partial charge on any atom is 0.410 e. The molecule has 3 fully saturated rings. The third-order valence-corrected chi connectivity index (χ3v) is 10.1. The van der Waals surface area contributed by atoms with Crippen LogP contribution in [0.15, 0.2) is 36.5 Å². The van der Waals surface area contributed by atoms with Crippen LogP contribution in [0.2, 0.25) is 0 Å². The van der Waals surface area contributed by atoms with E-state index >= 15 is 0 Å². The zero-order valence-electron chi connectivity index (χ0n) is 27.0. The first-order valence-electron chi connectivity index (χ1n) is 16.9. The Morgan fingerprint density at radius 3 is 2.50 bits per heavy atom. The van der Waals surface area contributed by atoms with Gasteiger partial charge in [-0.05, 0) is 81.3 Å². The van der Waals surface area contributed by atoms with Crippen molar-refractivity contribution >= 4 is 29.5 Å². The number of rotatable bonds is 6. The molecule has 6 rings (SSSR count). The Balaban J connectivity index is 1.07. The van der Waals surface area contributed by atoms with Gasteiger partial charge in [-0.25, -0.2) is 14.6 Å². The summed E-state index contributed by atoms with van der Waals surface area (Å²) in [6, 6.07) is 10.2. The largest absolute Gasteiger partial charge is 0.436 e. The Morgan fingerprint density at radius 2 is 1.72 bits per heavy atom. The molecule has 4 aliphatic rings. The number of anilines is 2. The third-order valence-electron chi connectivity index (χ3n) is 10.1. The van der Waals surface area contributed by atoms with Crippen molar-refractivity contribution in [2.45, 2.75) is 70.1 Å². The van der Waals surface area contributed by atoms with E-state index in [1.54, 1.807) is 11.1 Å². The summed E-state index contributed by atoms with van der Waals surface area (Å²) in [5, 5.41) is 6.52. The minimum Gasteiger partial charge on any atom is -0.436 e. The number of carbonyl (C=O) groups excluding carboxylic acids is 3. The molecule has 2 aromatic rings. The summed E-state index contributed by atoms with van der Waals surface area (Å²) in [6.45, 7) is 8.90. The summed E-state index contributed by atoms with van der Waals surface area (Å²) < 4.78 is 6.03. The number of aryl methyl sites for hydroxylation is 1. The topological polar surface area (TPSA) is 136 Å². The predicted octanol–water partition coefficient (Wildman–Crippen LogP) is 2.86. The van der Waals surface area contributed by atoms with Crippen LogP contribution in [0.1, 0.15) is 48.8 Å². The van der Waals surface area contributed by atoms with E-state index < -0.39 is 12.2 Å². The van der Waals surface area contributed by atoms with Crippen LogP contribution in [0, 0.1) is 6.92 Å². The number of nitrogens with one attached hydrogen (secondary N) is 2. The van der Waals surface area contributed by atoms with Crippen LogP contribution < -0.4 is 16.4 Å². The van der Waals surface area contributed by atoms with E-state index in [9.17, 15) is 14.4 Å². The number of likely N-dealkylation sites (tertiary alicyclic amines) is 2. The smallest absolute Gasteiger partial charge is 0.410 e. The normalized spacial score (nSPS) is 21.2. The SMILES string of the molecule is Cc1cc(C[C@@H](OC(=O)N2CCC(N3CCc4ccccc4NC3=O)CC2)C(=O)N2CCC(N3CCCNCC3)CC2)cnc1N.